The second kappa shape index (κ2) is 11.8. The second-order valence-corrected chi connectivity index (χ2v) is 11.9. The molecule has 12 heteroatoms. The van der Waals surface area contributed by atoms with E-state index in [1.807, 2.05) is 32.0 Å². The minimum Gasteiger partial charge on any atom is -0.267 e. The van der Waals surface area contributed by atoms with E-state index < -0.39 is 20.9 Å². The van der Waals surface area contributed by atoms with Crippen molar-refractivity contribution in [1.82, 2.24) is 9.29 Å². The van der Waals surface area contributed by atoms with Gasteiger partial charge in [0.1, 0.15) is 0 Å². The van der Waals surface area contributed by atoms with Gasteiger partial charge in [-0.3, -0.25) is 14.9 Å². The second-order valence-electron chi connectivity index (χ2n) is 8.88. The van der Waals surface area contributed by atoms with E-state index in [0.29, 0.717) is 22.8 Å². The number of hydrogen-bond donors (Lipinski definition) is 0. The van der Waals surface area contributed by atoms with Crippen LogP contribution in [0.4, 0.5) is 10.8 Å². The van der Waals surface area contributed by atoms with Gasteiger partial charge in [0.25, 0.3) is 11.6 Å². The first-order valence-electron chi connectivity index (χ1n) is 12.2. The molecule has 0 aliphatic heterocycles. The van der Waals surface area contributed by atoms with Crippen molar-refractivity contribution in [2.75, 3.05) is 18.6 Å². The van der Waals surface area contributed by atoms with Crippen LogP contribution >= 0.6 is 11.3 Å². The molecule has 0 bridgehead atoms. The smallest absolute Gasteiger partial charge is 0.267 e. The summed E-state index contributed by atoms with van der Waals surface area (Å²) in [6.07, 6.45) is 3.03. The number of hydrazone groups is 1. The quantitative estimate of drug-likeness (QED) is 0.140. The standard InChI is InChI=1S/C27H27N5O5S2/c1-4-5-16-30(3)39(36,37)23-13-9-21(10-14-23)26(33)31(27-29-24-15-6-19(2)17-25(24)38-27)28-18-20-7-11-22(12-8-20)32(34)35/h6-15,17-18H,4-5,16H2,1-3H3/b28-18+. The predicted molar refractivity (Wildman–Crippen MR) is 153 cm³/mol. The molecule has 1 amide bonds. The molecular weight excluding hydrogens is 538 g/mol. The first kappa shape index (κ1) is 28.0. The van der Waals surface area contributed by atoms with Crippen LogP contribution in [-0.4, -0.2) is 48.3 Å². The molecule has 202 valence electrons. The third-order valence-corrected chi connectivity index (χ3v) is 8.83. The van der Waals surface area contributed by atoms with Gasteiger partial charge in [0.15, 0.2) is 0 Å². The van der Waals surface area contributed by atoms with Crippen molar-refractivity contribution in [3.05, 3.63) is 93.5 Å². The number of nitro groups is 1. The van der Waals surface area contributed by atoms with Gasteiger partial charge in [-0.25, -0.2) is 17.7 Å². The van der Waals surface area contributed by atoms with Crippen molar-refractivity contribution in [3.63, 3.8) is 0 Å². The number of thiazole rings is 1. The summed E-state index contributed by atoms with van der Waals surface area (Å²) in [6.45, 7) is 4.36. The molecule has 0 aliphatic carbocycles. The summed E-state index contributed by atoms with van der Waals surface area (Å²) in [4.78, 5) is 28.8. The minimum atomic E-state index is -3.68. The molecule has 0 fully saturated rings. The van der Waals surface area contributed by atoms with Gasteiger partial charge >= 0.3 is 0 Å². The van der Waals surface area contributed by atoms with Crippen LogP contribution in [0.2, 0.25) is 0 Å². The van der Waals surface area contributed by atoms with Crippen LogP contribution in [0.5, 0.6) is 0 Å². The fourth-order valence-corrected chi connectivity index (χ4v) is 5.91. The third kappa shape index (κ3) is 6.36. The van der Waals surface area contributed by atoms with Crippen LogP contribution in [0.1, 0.15) is 41.3 Å². The Bertz CT molecular complexity index is 1630. The molecule has 0 saturated carbocycles. The molecule has 0 spiro atoms. The number of benzene rings is 3. The van der Waals surface area contributed by atoms with Crippen molar-refractivity contribution in [1.29, 1.82) is 0 Å². The highest BCUT2D eigenvalue weighted by molar-refractivity contribution is 7.89. The molecule has 3 aromatic carbocycles. The Morgan fingerprint density at radius 2 is 1.79 bits per heavy atom. The predicted octanol–water partition coefficient (Wildman–Crippen LogP) is 5.61. The summed E-state index contributed by atoms with van der Waals surface area (Å²) in [7, 11) is -2.15. The average Bonchev–Trinajstić information content (AvgIpc) is 3.34. The Hall–Kier alpha value is -4.00. The molecular formula is C27H27N5O5S2. The van der Waals surface area contributed by atoms with Crippen LogP contribution in [0.15, 0.2) is 76.7 Å². The van der Waals surface area contributed by atoms with E-state index >= 15 is 0 Å². The number of amides is 1. The van der Waals surface area contributed by atoms with Gasteiger partial charge in [-0.1, -0.05) is 30.7 Å². The van der Waals surface area contributed by atoms with E-state index in [4.69, 9.17) is 0 Å². The van der Waals surface area contributed by atoms with Crippen LogP contribution in [0.3, 0.4) is 0 Å². The Morgan fingerprint density at radius 3 is 2.44 bits per heavy atom. The van der Waals surface area contributed by atoms with Gasteiger partial charge in [-0.15, -0.1) is 0 Å². The number of non-ortho nitro benzene ring substituents is 1. The fraction of sp³-hybridized carbons (Fsp3) is 0.222. The summed E-state index contributed by atoms with van der Waals surface area (Å²) >= 11 is 1.29. The van der Waals surface area contributed by atoms with Gasteiger partial charge in [0, 0.05) is 31.3 Å². The molecule has 0 aliphatic rings. The molecule has 4 rings (SSSR count). The summed E-state index contributed by atoms with van der Waals surface area (Å²) in [6, 6.07) is 17.2. The summed E-state index contributed by atoms with van der Waals surface area (Å²) in [5.74, 6) is -0.507. The first-order valence-corrected chi connectivity index (χ1v) is 14.4. The molecule has 0 unspecified atom stereocenters. The zero-order valence-corrected chi connectivity index (χ0v) is 23.3. The van der Waals surface area contributed by atoms with Gasteiger partial charge in [-0.05, 0) is 73.0 Å². The van der Waals surface area contributed by atoms with Gasteiger partial charge in [0.05, 0.1) is 26.3 Å². The Labute approximate surface area is 230 Å². The number of unbranched alkanes of at least 4 members (excludes halogenated alkanes) is 1. The number of anilines is 1. The Kier molecular flexibility index (Phi) is 8.48. The highest BCUT2D eigenvalue weighted by atomic mass is 32.2. The van der Waals surface area contributed by atoms with E-state index in [2.05, 4.69) is 10.1 Å². The van der Waals surface area contributed by atoms with Crippen LogP contribution in [-0.2, 0) is 10.0 Å². The molecule has 0 radical (unpaired) electrons. The number of fused-ring (bicyclic) bond motifs is 1. The zero-order chi connectivity index (χ0) is 28.2. The molecule has 1 aromatic heterocycles. The number of aromatic nitrogens is 1. The normalized spacial score (nSPS) is 11.9. The molecule has 0 saturated heterocycles. The minimum absolute atomic E-state index is 0.0583. The number of carbonyl (C=O) groups excluding carboxylic acids is 1. The SMILES string of the molecule is CCCCN(C)S(=O)(=O)c1ccc(C(=O)N(/N=C/c2ccc([N+](=O)[O-])cc2)c2nc3ccc(C)cc3s2)cc1. The number of nitrogens with zero attached hydrogens (tertiary/aromatic N) is 5. The topological polar surface area (TPSA) is 126 Å². The van der Waals surface area contributed by atoms with Crippen molar-refractivity contribution >= 4 is 54.5 Å². The number of rotatable bonds is 10. The Morgan fingerprint density at radius 1 is 1.10 bits per heavy atom. The zero-order valence-electron chi connectivity index (χ0n) is 21.6. The largest absolute Gasteiger partial charge is 0.280 e. The maximum absolute atomic E-state index is 13.6. The van der Waals surface area contributed by atoms with Crippen molar-refractivity contribution < 1.29 is 18.1 Å². The van der Waals surface area contributed by atoms with Crippen molar-refractivity contribution in [2.45, 2.75) is 31.6 Å². The molecule has 10 nitrogen and oxygen atoms in total. The molecule has 39 heavy (non-hydrogen) atoms. The average molecular weight is 566 g/mol. The third-order valence-electron chi connectivity index (χ3n) is 5.97. The number of hydrogen-bond acceptors (Lipinski definition) is 8. The van der Waals surface area contributed by atoms with Gasteiger partial charge in [0.2, 0.25) is 15.2 Å². The molecule has 0 atom stereocenters. The van der Waals surface area contributed by atoms with E-state index in [-0.39, 0.29) is 16.1 Å². The lowest BCUT2D eigenvalue weighted by atomic mass is 10.2. The highest BCUT2D eigenvalue weighted by Crippen LogP contribution is 2.31. The number of aryl methyl sites for hydroxylation is 1. The number of carbonyl (C=O) groups is 1. The fourth-order valence-electron chi connectivity index (χ4n) is 3.68. The lowest BCUT2D eigenvalue weighted by molar-refractivity contribution is -0.384. The van der Waals surface area contributed by atoms with Crippen LogP contribution in [0.25, 0.3) is 10.2 Å². The molecule has 4 aromatic rings. The summed E-state index contributed by atoms with van der Waals surface area (Å²) in [5.41, 5.74) is 2.47. The van der Waals surface area contributed by atoms with E-state index in [9.17, 15) is 23.3 Å². The van der Waals surface area contributed by atoms with Crippen molar-refractivity contribution in [2.24, 2.45) is 5.10 Å². The van der Waals surface area contributed by atoms with Crippen molar-refractivity contribution in [3.8, 4) is 0 Å². The van der Waals surface area contributed by atoms with Crippen LogP contribution in [0, 0.1) is 17.0 Å². The first-order chi connectivity index (χ1) is 18.6. The van der Waals surface area contributed by atoms with Gasteiger partial charge in [-0.2, -0.15) is 10.1 Å². The lowest BCUT2D eigenvalue weighted by Gasteiger charge is -2.17. The molecule has 1 heterocycles. The molecule has 0 N–H and O–H groups in total. The van der Waals surface area contributed by atoms with Gasteiger partial charge < -0.3 is 0 Å². The highest BCUT2D eigenvalue weighted by Gasteiger charge is 2.24. The number of nitro benzene ring substituents is 1. The summed E-state index contributed by atoms with van der Waals surface area (Å²) in [5, 5.41) is 16.8. The Balaban J connectivity index is 1.67. The van der Waals surface area contributed by atoms with Crippen LogP contribution < -0.4 is 5.01 Å². The lowest BCUT2D eigenvalue weighted by Crippen LogP contribution is -2.28. The number of sulfonamides is 1. The maximum Gasteiger partial charge on any atom is 0.280 e. The summed E-state index contributed by atoms with van der Waals surface area (Å²) < 4.78 is 27.9. The maximum atomic E-state index is 13.6. The van der Waals surface area contributed by atoms with E-state index in [1.165, 1.54) is 77.4 Å². The van der Waals surface area contributed by atoms with E-state index in [1.54, 1.807) is 0 Å². The van der Waals surface area contributed by atoms with E-state index in [0.717, 1.165) is 28.1 Å². The monoisotopic (exact) mass is 565 g/mol.